The molecule has 0 radical (unpaired) electrons. The molecule has 0 aliphatic heterocycles. The number of rotatable bonds is 11. The SMILES string of the molecule is CC(C)(C)OOCCCCCCCCCC(=O)O. The lowest BCUT2D eigenvalue weighted by Gasteiger charge is -2.17. The van der Waals surface area contributed by atoms with Crippen molar-refractivity contribution >= 4 is 5.97 Å². The van der Waals surface area contributed by atoms with E-state index in [1.54, 1.807) is 0 Å². The molecule has 0 atom stereocenters. The Morgan fingerprint density at radius 3 is 1.94 bits per heavy atom. The summed E-state index contributed by atoms with van der Waals surface area (Å²) < 4.78 is 0. The predicted octanol–water partition coefficient (Wildman–Crippen LogP) is 3.94. The third-order valence-electron chi connectivity index (χ3n) is 2.43. The summed E-state index contributed by atoms with van der Waals surface area (Å²) >= 11 is 0. The Labute approximate surface area is 111 Å². The molecule has 18 heavy (non-hydrogen) atoms. The van der Waals surface area contributed by atoms with Crippen molar-refractivity contribution in [1.82, 2.24) is 0 Å². The predicted molar refractivity (Wildman–Crippen MR) is 71.4 cm³/mol. The Morgan fingerprint density at radius 1 is 0.944 bits per heavy atom. The van der Waals surface area contributed by atoms with Crippen molar-refractivity contribution < 1.29 is 19.7 Å². The molecule has 0 aromatic rings. The number of hydrogen-bond acceptors (Lipinski definition) is 3. The maximum Gasteiger partial charge on any atom is 0.303 e. The van der Waals surface area contributed by atoms with Crippen LogP contribution in [0, 0.1) is 0 Å². The molecule has 0 heterocycles. The van der Waals surface area contributed by atoms with E-state index in [2.05, 4.69) is 0 Å². The fourth-order valence-electron chi connectivity index (χ4n) is 1.54. The lowest BCUT2D eigenvalue weighted by atomic mass is 10.1. The Balaban J connectivity index is 3.06. The average Bonchev–Trinajstić information content (AvgIpc) is 2.24. The molecule has 4 heteroatoms. The number of carbonyl (C=O) groups is 1. The molecule has 0 unspecified atom stereocenters. The smallest absolute Gasteiger partial charge is 0.303 e. The van der Waals surface area contributed by atoms with Crippen molar-refractivity contribution in [3.8, 4) is 0 Å². The van der Waals surface area contributed by atoms with Gasteiger partial charge in [-0.2, -0.15) is 0 Å². The van der Waals surface area contributed by atoms with Gasteiger partial charge in [-0.15, -0.1) is 0 Å². The van der Waals surface area contributed by atoms with Crippen LogP contribution in [-0.2, 0) is 14.6 Å². The second-order valence-corrected chi connectivity index (χ2v) is 5.64. The quantitative estimate of drug-likeness (QED) is 0.347. The first-order valence-electron chi connectivity index (χ1n) is 6.94. The molecule has 0 spiro atoms. The number of carboxylic acid groups (broad SMARTS) is 1. The van der Waals surface area contributed by atoms with E-state index in [1.807, 2.05) is 20.8 Å². The van der Waals surface area contributed by atoms with Crippen molar-refractivity contribution in [3.05, 3.63) is 0 Å². The van der Waals surface area contributed by atoms with Crippen LogP contribution in [0.25, 0.3) is 0 Å². The van der Waals surface area contributed by atoms with Crippen molar-refractivity contribution in [3.63, 3.8) is 0 Å². The van der Waals surface area contributed by atoms with Gasteiger partial charge >= 0.3 is 5.97 Å². The molecule has 0 fully saturated rings. The van der Waals surface area contributed by atoms with Crippen LogP contribution in [0.15, 0.2) is 0 Å². The van der Waals surface area contributed by atoms with Crippen LogP contribution >= 0.6 is 0 Å². The van der Waals surface area contributed by atoms with Crippen LogP contribution in [0.1, 0.15) is 72.1 Å². The van der Waals surface area contributed by atoms with Gasteiger partial charge in [0.1, 0.15) is 0 Å². The molecule has 0 bridgehead atoms. The van der Waals surface area contributed by atoms with Crippen LogP contribution in [0.2, 0.25) is 0 Å². The first kappa shape index (κ1) is 17.4. The first-order valence-corrected chi connectivity index (χ1v) is 6.94. The van der Waals surface area contributed by atoms with E-state index in [1.165, 1.54) is 12.8 Å². The molecule has 0 aromatic heterocycles. The van der Waals surface area contributed by atoms with Gasteiger partial charge in [0.25, 0.3) is 0 Å². The summed E-state index contributed by atoms with van der Waals surface area (Å²) in [5.41, 5.74) is -0.232. The largest absolute Gasteiger partial charge is 0.481 e. The molecular formula is C14H28O4. The standard InChI is InChI=1S/C14H28O4/c1-14(2,3)18-17-12-10-8-6-4-5-7-9-11-13(15)16/h4-12H2,1-3H3,(H,15,16). The molecule has 0 aliphatic rings. The van der Waals surface area contributed by atoms with Gasteiger partial charge in [0, 0.05) is 6.42 Å². The van der Waals surface area contributed by atoms with Crippen LogP contribution < -0.4 is 0 Å². The lowest BCUT2D eigenvalue weighted by molar-refractivity contribution is -0.348. The van der Waals surface area contributed by atoms with Gasteiger partial charge in [-0.05, 0) is 33.6 Å². The van der Waals surface area contributed by atoms with Crippen molar-refractivity contribution in [2.24, 2.45) is 0 Å². The van der Waals surface area contributed by atoms with Gasteiger partial charge in [-0.3, -0.25) is 4.79 Å². The Bertz CT molecular complexity index is 208. The summed E-state index contributed by atoms with van der Waals surface area (Å²) in [4.78, 5) is 20.5. The number of carboxylic acids is 1. The highest BCUT2D eigenvalue weighted by Gasteiger charge is 2.10. The normalized spacial score (nSPS) is 11.7. The maximum absolute atomic E-state index is 10.3. The molecule has 1 N–H and O–H groups in total. The van der Waals surface area contributed by atoms with Gasteiger partial charge in [-0.25, -0.2) is 9.78 Å². The zero-order chi connectivity index (χ0) is 13.9. The highest BCUT2D eigenvalue weighted by molar-refractivity contribution is 5.66. The van der Waals surface area contributed by atoms with E-state index < -0.39 is 5.97 Å². The van der Waals surface area contributed by atoms with E-state index in [0.29, 0.717) is 13.0 Å². The average molecular weight is 260 g/mol. The van der Waals surface area contributed by atoms with Crippen LogP contribution in [-0.4, -0.2) is 23.3 Å². The highest BCUT2D eigenvalue weighted by atomic mass is 17.2. The molecule has 0 rings (SSSR count). The van der Waals surface area contributed by atoms with Gasteiger partial charge in [0.15, 0.2) is 0 Å². The van der Waals surface area contributed by atoms with Crippen LogP contribution in [0.5, 0.6) is 0 Å². The van der Waals surface area contributed by atoms with E-state index in [0.717, 1.165) is 32.1 Å². The van der Waals surface area contributed by atoms with Crippen molar-refractivity contribution in [2.75, 3.05) is 6.61 Å². The molecule has 0 amide bonds. The first-order chi connectivity index (χ1) is 8.42. The summed E-state index contributed by atoms with van der Waals surface area (Å²) in [6.07, 6.45) is 7.79. The number of unbranched alkanes of at least 4 members (excludes halogenated alkanes) is 6. The Hall–Kier alpha value is -0.610. The third kappa shape index (κ3) is 15.4. The third-order valence-corrected chi connectivity index (χ3v) is 2.43. The van der Waals surface area contributed by atoms with Gasteiger partial charge in [0.05, 0.1) is 12.2 Å². The van der Waals surface area contributed by atoms with E-state index in [4.69, 9.17) is 14.9 Å². The summed E-state index contributed by atoms with van der Waals surface area (Å²) in [5, 5.41) is 8.47. The fraction of sp³-hybridized carbons (Fsp3) is 0.929. The molecule has 0 aromatic carbocycles. The Kier molecular flexibility index (Phi) is 9.98. The summed E-state index contributed by atoms with van der Waals surface area (Å²) in [6, 6.07) is 0. The minimum Gasteiger partial charge on any atom is -0.481 e. The number of aliphatic carboxylic acids is 1. The summed E-state index contributed by atoms with van der Waals surface area (Å²) in [5.74, 6) is -0.689. The topological polar surface area (TPSA) is 55.8 Å². The molecule has 0 aliphatic carbocycles. The molecule has 0 saturated heterocycles. The monoisotopic (exact) mass is 260 g/mol. The summed E-state index contributed by atoms with van der Waals surface area (Å²) in [7, 11) is 0. The van der Waals surface area contributed by atoms with Crippen LogP contribution in [0.3, 0.4) is 0 Å². The zero-order valence-electron chi connectivity index (χ0n) is 12.0. The minimum absolute atomic E-state index is 0.232. The van der Waals surface area contributed by atoms with Crippen molar-refractivity contribution in [2.45, 2.75) is 77.7 Å². The van der Waals surface area contributed by atoms with Crippen molar-refractivity contribution in [1.29, 1.82) is 0 Å². The second-order valence-electron chi connectivity index (χ2n) is 5.64. The number of hydrogen-bond donors (Lipinski definition) is 1. The Morgan fingerprint density at radius 2 is 1.44 bits per heavy atom. The lowest BCUT2D eigenvalue weighted by Crippen LogP contribution is -2.19. The molecule has 4 nitrogen and oxygen atoms in total. The maximum atomic E-state index is 10.3. The van der Waals surface area contributed by atoms with Gasteiger partial charge in [0.2, 0.25) is 0 Å². The van der Waals surface area contributed by atoms with Gasteiger partial charge in [-0.1, -0.05) is 32.1 Å². The van der Waals surface area contributed by atoms with E-state index in [-0.39, 0.29) is 5.60 Å². The zero-order valence-corrected chi connectivity index (χ0v) is 12.0. The van der Waals surface area contributed by atoms with Gasteiger partial charge < -0.3 is 5.11 Å². The fourth-order valence-corrected chi connectivity index (χ4v) is 1.54. The van der Waals surface area contributed by atoms with E-state index in [9.17, 15) is 4.79 Å². The van der Waals surface area contributed by atoms with E-state index >= 15 is 0 Å². The molecular weight excluding hydrogens is 232 g/mol. The minimum atomic E-state index is -0.689. The van der Waals surface area contributed by atoms with Crippen LogP contribution in [0.4, 0.5) is 0 Å². The highest BCUT2D eigenvalue weighted by Crippen LogP contribution is 2.10. The second kappa shape index (κ2) is 10.3. The molecule has 0 saturated carbocycles. The summed E-state index contributed by atoms with van der Waals surface area (Å²) in [6.45, 7) is 6.54. The molecule has 108 valence electrons.